The highest BCUT2D eigenvalue weighted by molar-refractivity contribution is 7.89. The Labute approximate surface area is 257 Å². The lowest BCUT2D eigenvalue weighted by Crippen LogP contribution is -2.51. The molecule has 0 spiro atoms. The van der Waals surface area contributed by atoms with Gasteiger partial charge in [-0.3, -0.25) is 9.59 Å². The molecule has 1 heterocycles. The zero-order valence-electron chi connectivity index (χ0n) is 24.7. The summed E-state index contributed by atoms with van der Waals surface area (Å²) in [6.45, 7) is 1.73. The van der Waals surface area contributed by atoms with Crippen molar-refractivity contribution >= 4 is 21.8 Å². The minimum Gasteiger partial charge on any atom is -0.484 e. The van der Waals surface area contributed by atoms with Gasteiger partial charge >= 0.3 is 0 Å². The minimum absolute atomic E-state index is 0.0438. The number of morpholine rings is 1. The normalized spacial score (nSPS) is 14.5. The summed E-state index contributed by atoms with van der Waals surface area (Å²) in [5.74, 6) is -0.916. The molecule has 0 bridgehead atoms. The van der Waals surface area contributed by atoms with E-state index in [1.54, 1.807) is 19.2 Å². The molecule has 10 nitrogen and oxygen atoms in total. The fraction of sp³-hybridized carbons (Fsp3) is 0.375. The third kappa shape index (κ3) is 9.33. The van der Waals surface area contributed by atoms with Crippen LogP contribution in [0.15, 0.2) is 83.8 Å². The number of amides is 2. The van der Waals surface area contributed by atoms with E-state index in [2.05, 4.69) is 5.32 Å². The molecule has 0 aliphatic carbocycles. The highest BCUT2D eigenvalue weighted by Crippen LogP contribution is 2.21. The zero-order valence-corrected chi connectivity index (χ0v) is 25.5. The van der Waals surface area contributed by atoms with E-state index in [9.17, 15) is 22.4 Å². The Morgan fingerprint density at radius 3 is 2.32 bits per heavy atom. The molecule has 44 heavy (non-hydrogen) atoms. The summed E-state index contributed by atoms with van der Waals surface area (Å²) < 4.78 is 57.0. The molecule has 1 aliphatic rings. The third-order valence-corrected chi connectivity index (χ3v) is 9.07. The van der Waals surface area contributed by atoms with E-state index in [0.717, 1.165) is 5.56 Å². The second-order valence-electron chi connectivity index (χ2n) is 10.3. The highest BCUT2D eigenvalue weighted by atomic mass is 32.2. The maximum absolute atomic E-state index is 13.7. The number of carbonyl (C=O) groups is 2. The number of sulfonamides is 1. The Balaban J connectivity index is 1.52. The standard InChI is InChI=1S/C32H38FN3O7S/c1-41-19-5-16-34-32(38)30(22-25-6-3-2-4-7-25)36(23-26-8-10-27(33)11-9-26)31(37)24-43-28-12-14-29(15-13-28)44(39,40)35-17-20-42-21-18-35/h2-4,6-15,30H,5,16-24H2,1H3,(H,34,38)/t30-/m0/s1. The van der Waals surface area contributed by atoms with Crippen LogP contribution in [0.25, 0.3) is 0 Å². The molecule has 0 saturated carbocycles. The molecular formula is C32H38FN3O7S. The van der Waals surface area contributed by atoms with E-state index in [-0.39, 0.29) is 36.9 Å². The molecule has 3 aromatic carbocycles. The summed E-state index contributed by atoms with van der Waals surface area (Å²) in [6.07, 6.45) is 0.852. The van der Waals surface area contributed by atoms with Gasteiger partial charge in [-0.25, -0.2) is 12.8 Å². The van der Waals surface area contributed by atoms with Gasteiger partial charge in [-0.2, -0.15) is 4.31 Å². The minimum atomic E-state index is -3.68. The Kier molecular flexibility index (Phi) is 12.2. The van der Waals surface area contributed by atoms with Crippen molar-refractivity contribution in [1.82, 2.24) is 14.5 Å². The molecule has 1 N–H and O–H groups in total. The van der Waals surface area contributed by atoms with Gasteiger partial charge in [0.25, 0.3) is 5.91 Å². The molecule has 3 aromatic rings. The average molecular weight is 628 g/mol. The van der Waals surface area contributed by atoms with Crippen LogP contribution in [-0.2, 0) is 42.1 Å². The molecule has 0 radical (unpaired) electrons. The predicted molar refractivity (Wildman–Crippen MR) is 162 cm³/mol. The van der Waals surface area contributed by atoms with Crippen molar-refractivity contribution in [2.24, 2.45) is 0 Å². The van der Waals surface area contributed by atoms with Gasteiger partial charge in [-0.15, -0.1) is 0 Å². The quantitative estimate of drug-likeness (QED) is 0.258. The summed E-state index contributed by atoms with van der Waals surface area (Å²) in [4.78, 5) is 28.8. The van der Waals surface area contributed by atoms with Gasteiger partial charge < -0.3 is 24.4 Å². The number of hydrogen-bond donors (Lipinski definition) is 1. The number of rotatable bonds is 15. The first kappa shape index (κ1) is 33.1. The fourth-order valence-electron chi connectivity index (χ4n) is 4.76. The van der Waals surface area contributed by atoms with Gasteiger partial charge in [0.05, 0.1) is 18.1 Å². The lowest BCUT2D eigenvalue weighted by molar-refractivity contribution is -0.142. The molecule has 2 amide bonds. The second-order valence-corrected chi connectivity index (χ2v) is 12.2. The monoisotopic (exact) mass is 627 g/mol. The van der Waals surface area contributed by atoms with Crippen LogP contribution in [0.1, 0.15) is 17.5 Å². The summed E-state index contributed by atoms with van der Waals surface area (Å²) in [7, 11) is -2.10. The van der Waals surface area contributed by atoms with E-state index in [0.29, 0.717) is 44.1 Å². The van der Waals surface area contributed by atoms with Crippen LogP contribution >= 0.6 is 0 Å². The van der Waals surface area contributed by atoms with Crippen LogP contribution in [-0.4, -0.2) is 88.7 Å². The lowest BCUT2D eigenvalue weighted by atomic mass is 10.0. The molecule has 12 heteroatoms. The van der Waals surface area contributed by atoms with Crippen LogP contribution in [0, 0.1) is 5.82 Å². The molecule has 1 aliphatic heterocycles. The topological polar surface area (TPSA) is 114 Å². The Morgan fingerprint density at radius 1 is 0.977 bits per heavy atom. The number of nitrogens with zero attached hydrogens (tertiary/aromatic N) is 2. The molecule has 1 atom stereocenters. The van der Waals surface area contributed by atoms with Crippen molar-refractivity contribution in [1.29, 1.82) is 0 Å². The number of nitrogens with one attached hydrogen (secondary N) is 1. The maximum atomic E-state index is 13.7. The maximum Gasteiger partial charge on any atom is 0.261 e. The fourth-order valence-corrected chi connectivity index (χ4v) is 6.17. The van der Waals surface area contributed by atoms with Crippen LogP contribution < -0.4 is 10.1 Å². The van der Waals surface area contributed by atoms with E-state index in [1.807, 2.05) is 30.3 Å². The van der Waals surface area contributed by atoms with Gasteiger partial charge in [-0.05, 0) is 53.9 Å². The Morgan fingerprint density at radius 2 is 1.66 bits per heavy atom. The molecular weight excluding hydrogens is 589 g/mol. The smallest absolute Gasteiger partial charge is 0.261 e. The van der Waals surface area contributed by atoms with Crippen LogP contribution in [0.4, 0.5) is 4.39 Å². The number of benzene rings is 3. The van der Waals surface area contributed by atoms with Crippen molar-refractivity contribution < 1.29 is 36.6 Å². The number of carbonyl (C=O) groups excluding carboxylic acids is 2. The van der Waals surface area contributed by atoms with Gasteiger partial charge in [-0.1, -0.05) is 42.5 Å². The van der Waals surface area contributed by atoms with Crippen molar-refractivity contribution in [3.05, 3.63) is 95.8 Å². The molecule has 0 aromatic heterocycles. The van der Waals surface area contributed by atoms with Crippen LogP contribution in [0.2, 0.25) is 0 Å². The van der Waals surface area contributed by atoms with Crippen molar-refractivity contribution in [3.8, 4) is 5.75 Å². The molecule has 1 saturated heterocycles. The summed E-state index contributed by atoms with van der Waals surface area (Å²) in [5.41, 5.74) is 1.50. The van der Waals surface area contributed by atoms with Gasteiger partial charge in [0.2, 0.25) is 15.9 Å². The highest BCUT2D eigenvalue weighted by Gasteiger charge is 2.31. The van der Waals surface area contributed by atoms with E-state index in [1.165, 1.54) is 45.6 Å². The summed E-state index contributed by atoms with van der Waals surface area (Å²) >= 11 is 0. The van der Waals surface area contributed by atoms with E-state index >= 15 is 0 Å². The summed E-state index contributed by atoms with van der Waals surface area (Å²) in [5, 5.41) is 2.91. The molecule has 236 valence electrons. The first-order chi connectivity index (χ1) is 21.3. The Hall–Kier alpha value is -3.84. The lowest BCUT2D eigenvalue weighted by Gasteiger charge is -2.31. The number of methoxy groups -OCH3 is 1. The zero-order chi connectivity index (χ0) is 31.4. The van der Waals surface area contributed by atoms with Crippen molar-refractivity contribution in [2.45, 2.75) is 30.3 Å². The van der Waals surface area contributed by atoms with Gasteiger partial charge in [0.1, 0.15) is 17.6 Å². The second kappa shape index (κ2) is 16.3. The molecule has 1 fully saturated rings. The van der Waals surface area contributed by atoms with Crippen LogP contribution in [0.3, 0.4) is 0 Å². The van der Waals surface area contributed by atoms with Crippen molar-refractivity contribution in [3.63, 3.8) is 0 Å². The first-order valence-corrected chi connectivity index (χ1v) is 15.9. The Bertz CT molecular complexity index is 1450. The first-order valence-electron chi connectivity index (χ1n) is 14.4. The van der Waals surface area contributed by atoms with Gasteiger partial charge in [0, 0.05) is 46.3 Å². The molecule has 0 unspecified atom stereocenters. The third-order valence-electron chi connectivity index (χ3n) is 7.16. The summed E-state index contributed by atoms with van der Waals surface area (Å²) in [6, 6.07) is 20.1. The van der Waals surface area contributed by atoms with E-state index in [4.69, 9.17) is 14.2 Å². The SMILES string of the molecule is COCCCNC(=O)[C@H](Cc1ccccc1)N(Cc1ccc(F)cc1)C(=O)COc1ccc(S(=O)(=O)N2CCOCC2)cc1. The van der Waals surface area contributed by atoms with Crippen LogP contribution in [0.5, 0.6) is 5.75 Å². The number of halogens is 1. The van der Waals surface area contributed by atoms with Crippen molar-refractivity contribution in [2.75, 3.05) is 53.2 Å². The van der Waals surface area contributed by atoms with Gasteiger partial charge in [0.15, 0.2) is 6.61 Å². The number of ether oxygens (including phenoxy) is 3. The largest absolute Gasteiger partial charge is 0.484 e. The predicted octanol–water partition coefficient (Wildman–Crippen LogP) is 3.02. The molecule has 4 rings (SSSR count). The number of hydrogen-bond acceptors (Lipinski definition) is 7. The average Bonchev–Trinajstić information content (AvgIpc) is 3.05. The van der Waals surface area contributed by atoms with E-state index < -0.39 is 34.4 Å².